The highest BCUT2D eigenvalue weighted by Crippen LogP contribution is 2.22. The molecular weight excluding hydrogens is 298 g/mol. The number of amides is 1. The van der Waals surface area contributed by atoms with Gasteiger partial charge in [-0.25, -0.2) is 0 Å². The summed E-state index contributed by atoms with van der Waals surface area (Å²) in [5.74, 6) is -0.802. The molecule has 124 valence electrons. The number of carboxylic acid groups (broad SMARTS) is 1. The zero-order valence-corrected chi connectivity index (χ0v) is 12.9. The van der Waals surface area contributed by atoms with E-state index < -0.39 is 11.9 Å². The molecule has 1 aromatic carbocycles. The van der Waals surface area contributed by atoms with Crippen LogP contribution in [-0.4, -0.2) is 54.3 Å². The first-order chi connectivity index (χ1) is 11.1. The predicted molar refractivity (Wildman–Crippen MR) is 82.6 cm³/mol. The third-order valence-corrected chi connectivity index (χ3v) is 4.37. The minimum absolute atomic E-state index is 0.129. The highest BCUT2D eigenvalue weighted by molar-refractivity contribution is 5.95. The second kappa shape index (κ2) is 7.00. The molecule has 1 amide bonds. The second-order valence-electron chi connectivity index (χ2n) is 6.05. The maximum atomic E-state index is 12.5. The molecule has 0 bridgehead atoms. The fraction of sp³-hybridized carbons (Fsp3) is 0.529. The Morgan fingerprint density at radius 3 is 2.91 bits per heavy atom. The first-order valence-electron chi connectivity index (χ1n) is 8.00. The summed E-state index contributed by atoms with van der Waals surface area (Å²) < 4.78 is 11.2. The van der Waals surface area contributed by atoms with Crippen LogP contribution in [0.5, 0.6) is 5.75 Å². The van der Waals surface area contributed by atoms with Gasteiger partial charge in [-0.1, -0.05) is 6.07 Å². The molecule has 1 aromatic rings. The molecule has 3 rings (SSSR count). The molecule has 0 radical (unpaired) electrons. The Hall–Kier alpha value is -2.08. The van der Waals surface area contributed by atoms with Crippen molar-refractivity contribution in [2.45, 2.75) is 25.4 Å². The topological polar surface area (TPSA) is 76.1 Å². The standard InChI is InChI=1S/C17H21NO5/c19-16(18-7-6-13(10-18)17(20)21)12-3-1-4-14(9-12)23-11-15-5-2-8-22-15/h1,3-4,9,13,15H,2,5-8,10-11H2,(H,20,21). The highest BCUT2D eigenvalue weighted by atomic mass is 16.5. The number of aliphatic carboxylic acids is 1. The normalized spacial score (nSPS) is 23.9. The van der Waals surface area contributed by atoms with E-state index in [1.54, 1.807) is 23.1 Å². The number of likely N-dealkylation sites (tertiary alicyclic amines) is 1. The van der Waals surface area contributed by atoms with Crippen LogP contribution in [0.2, 0.25) is 0 Å². The molecule has 2 heterocycles. The van der Waals surface area contributed by atoms with Crippen LogP contribution in [0.25, 0.3) is 0 Å². The van der Waals surface area contributed by atoms with Gasteiger partial charge in [0.25, 0.3) is 5.91 Å². The van der Waals surface area contributed by atoms with Crippen molar-refractivity contribution in [2.75, 3.05) is 26.3 Å². The van der Waals surface area contributed by atoms with Crippen molar-refractivity contribution >= 4 is 11.9 Å². The van der Waals surface area contributed by atoms with Crippen molar-refractivity contribution in [3.05, 3.63) is 29.8 Å². The van der Waals surface area contributed by atoms with E-state index in [0.717, 1.165) is 19.4 Å². The van der Waals surface area contributed by atoms with Crippen LogP contribution in [-0.2, 0) is 9.53 Å². The summed E-state index contributed by atoms with van der Waals surface area (Å²) in [4.78, 5) is 25.1. The largest absolute Gasteiger partial charge is 0.491 e. The fourth-order valence-electron chi connectivity index (χ4n) is 3.01. The molecule has 2 aliphatic heterocycles. The molecule has 2 saturated heterocycles. The first-order valence-corrected chi connectivity index (χ1v) is 8.00. The molecule has 6 heteroatoms. The SMILES string of the molecule is O=C(O)C1CCN(C(=O)c2cccc(OCC3CCCO3)c2)C1. The van der Waals surface area contributed by atoms with Gasteiger partial charge in [0.05, 0.1) is 12.0 Å². The van der Waals surface area contributed by atoms with Crippen molar-refractivity contribution in [3.63, 3.8) is 0 Å². The lowest BCUT2D eigenvalue weighted by Crippen LogP contribution is -2.29. The maximum Gasteiger partial charge on any atom is 0.308 e. The van der Waals surface area contributed by atoms with Crippen LogP contribution in [0.15, 0.2) is 24.3 Å². The van der Waals surface area contributed by atoms with Crippen LogP contribution < -0.4 is 4.74 Å². The molecule has 0 aromatic heterocycles. The second-order valence-corrected chi connectivity index (χ2v) is 6.05. The van der Waals surface area contributed by atoms with Gasteiger partial charge in [0.2, 0.25) is 0 Å². The highest BCUT2D eigenvalue weighted by Gasteiger charge is 2.31. The number of carboxylic acids is 1. The molecule has 2 unspecified atom stereocenters. The minimum atomic E-state index is -0.839. The van der Waals surface area contributed by atoms with Crippen molar-refractivity contribution in [2.24, 2.45) is 5.92 Å². The van der Waals surface area contributed by atoms with Gasteiger partial charge >= 0.3 is 5.97 Å². The van der Waals surface area contributed by atoms with Gasteiger partial charge in [0, 0.05) is 25.3 Å². The molecule has 2 aliphatic rings. The van der Waals surface area contributed by atoms with Crippen molar-refractivity contribution in [3.8, 4) is 5.75 Å². The number of nitrogens with zero attached hydrogens (tertiary/aromatic N) is 1. The number of hydrogen-bond donors (Lipinski definition) is 1. The first kappa shape index (κ1) is 15.8. The monoisotopic (exact) mass is 319 g/mol. The molecule has 1 N–H and O–H groups in total. The molecule has 2 atom stereocenters. The summed E-state index contributed by atoms with van der Waals surface area (Å²) in [5, 5.41) is 9.03. The summed E-state index contributed by atoms with van der Waals surface area (Å²) in [5.41, 5.74) is 0.529. The molecule has 2 fully saturated rings. The van der Waals surface area contributed by atoms with E-state index in [4.69, 9.17) is 14.6 Å². The van der Waals surface area contributed by atoms with E-state index in [-0.39, 0.29) is 18.6 Å². The zero-order chi connectivity index (χ0) is 16.2. The summed E-state index contributed by atoms with van der Waals surface area (Å²) in [6.45, 7) is 2.03. The van der Waals surface area contributed by atoms with Gasteiger partial charge in [0.1, 0.15) is 12.4 Å². The lowest BCUT2D eigenvalue weighted by Gasteiger charge is -2.17. The Labute approximate surface area is 135 Å². The smallest absolute Gasteiger partial charge is 0.308 e. The van der Waals surface area contributed by atoms with E-state index in [1.165, 1.54) is 0 Å². The van der Waals surface area contributed by atoms with E-state index in [1.807, 2.05) is 6.07 Å². The molecule has 0 spiro atoms. The van der Waals surface area contributed by atoms with E-state index in [2.05, 4.69) is 0 Å². The van der Waals surface area contributed by atoms with Crippen LogP contribution in [0.3, 0.4) is 0 Å². The van der Waals surface area contributed by atoms with E-state index in [9.17, 15) is 9.59 Å². The lowest BCUT2D eigenvalue weighted by atomic mass is 10.1. The number of carbonyl (C=O) groups is 2. The Bertz CT molecular complexity index is 582. The summed E-state index contributed by atoms with van der Waals surface area (Å²) in [6.07, 6.45) is 2.70. The van der Waals surface area contributed by atoms with Gasteiger partial charge in [-0.05, 0) is 37.5 Å². The molecule has 23 heavy (non-hydrogen) atoms. The number of rotatable bonds is 5. The van der Waals surface area contributed by atoms with Crippen LogP contribution in [0, 0.1) is 5.92 Å². The lowest BCUT2D eigenvalue weighted by molar-refractivity contribution is -0.141. The Kier molecular flexibility index (Phi) is 4.81. The van der Waals surface area contributed by atoms with Crippen LogP contribution in [0.4, 0.5) is 0 Å². The Morgan fingerprint density at radius 1 is 1.35 bits per heavy atom. The van der Waals surface area contributed by atoms with Crippen molar-refractivity contribution in [1.82, 2.24) is 4.90 Å². The van der Waals surface area contributed by atoms with E-state index in [0.29, 0.717) is 30.9 Å². The van der Waals surface area contributed by atoms with Gasteiger partial charge in [-0.15, -0.1) is 0 Å². The average Bonchev–Trinajstić information content (AvgIpc) is 3.24. The number of benzene rings is 1. The van der Waals surface area contributed by atoms with Gasteiger partial charge in [-0.3, -0.25) is 9.59 Å². The van der Waals surface area contributed by atoms with Crippen molar-refractivity contribution < 1.29 is 24.2 Å². The minimum Gasteiger partial charge on any atom is -0.491 e. The summed E-state index contributed by atoms with van der Waals surface area (Å²) in [7, 11) is 0. The molecule has 0 aliphatic carbocycles. The average molecular weight is 319 g/mol. The maximum absolute atomic E-state index is 12.5. The number of carbonyl (C=O) groups excluding carboxylic acids is 1. The third-order valence-electron chi connectivity index (χ3n) is 4.37. The summed E-state index contributed by atoms with van der Waals surface area (Å²) in [6, 6.07) is 7.04. The third kappa shape index (κ3) is 3.82. The van der Waals surface area contributed by atoms with Gasteiger partial charge < -0.3 is 19.5 Å². The zero-order valence-electron chi connectivity index (χ0n) is 12.9. The van der Waals surface area contributed by atoms with Gasteiger partial charge in [0.15, 0.2) is 0 Å². The van der Waals surface area contributed by atoms with Crippen LogP contribution in [0.1, 0.15) is 29.6 Å². The molecule has 0 saturated carbocycles. The Balaban J connectivity index is 1.60. The predicted octanol–water partition coefficient (Wildman–Crippen LogP) is 1.79. The van der Waals surface area contributed by atoms with Crippen LogP contribution >= 0.6 is 0 Å². The van der Waals surface area contributed by atoms with Gasteiger partial charge in [-0.2, -0.15) is 0 Å². The number of hydrogen-bond acceptors (Lipinski definition) is 4. The Morgan fingerprint density at radius 2 is 2.22 bits per heavy atom. The quantitative estimate of drug-likeness (QED) is 0.895. The number of ether oxygens (including phenoxy) is 2. The van der Waals surface area contributed by atoms with E-state index >= 15 is 0 Å². The summed E-state index contributed by atoms with van der Waals surface area (Å²) >= 11 is 0. The fourth-order valence-corrected chi connectivity index (χ4v) is 3.01. The molecule has 6 nitrogen and oxygen atoms in total. The van der Waals surface area contributed by atoms with Crippen molar-refractivity contribution in [1.29, 1.82) is 0 Å². The molecular formula is C17H21NO5.